The quantitative estimate of drug-likeness (QED) is 0.611. The Labute approximate surface area is 183 Å². The van der Waals surface area contributed by atoms with Crippen molar-refractivity contribution in [2.75, 3.05) is 19.7 Å². The normalized spacial score (nSPS) is 16.8. The number of hydrogen-bond acceptors (Lipinski definition) is 5. The van der Waals surface area contributed by atoms with Crippen LogP contribution in [0.15, 0.2) is 55.0 Å². The number of amides is 1. The summed E-state index contributed by atoms with van der Waals surface area (Å²) in [4.78, 5) is 26.9. The molecule has 0 saturated carbocycles. The number of rotatable bonds is 4. The van der Waals surface area contributed by atoms with Gasteiger partial charge in [-0.2, -0.15) is 13.2 Å². The van der Waals surface area contributed by atoms with Crippen LogP contribution in [0.5, 0.6) is 0 Å². The first-order valence-electron chi connectivity index (χ1n) is 10.1. The molecule has 1 atom stereocenters. The lowest BCUT2D eigenvalue weighted by Gasteiger charge is -2.32. The molecule has 3 heterocycles. The molecule has 1 amide bonds. The highest BCUT2D eigenvalue weighted by molar-refractivity contribution is 5.92. The minimum absolute atomic E-state index is 0.233. The smallest absolute Gasteiger partial charge is 0.368 e. The Kier molecular flexibility index (Phi) is 6.18. The Balaban J connectivity index is 1.53. The molecule has 2 aromatic heterocycles. The van der Waals surface area contributed by atoms with Gasteiger partial charge in [0.15, 0.2) is 0 Å². The summed E-state index contributed by atoms with van der Waals surface area (Å²) in [5, 5.41) is 0. The number of nitrogens with zero attached hydrogens (tertiary/aromatic N) is 4. The zero-order valence-corrected chi connectivity index (χ0v) is 17.3. The molecule has 4 rings (SSSR count). The van der Waals surface area contributed by atoms with Crippen LogP contribution in [-0.2, 0) is 17.3 Å². The van der Waals surface area contributed by atoms with Gasteiger partial charge in [-0.25, -0.2) is 4.98 Å². The van der Waals surface area contributed by atoms with Gasteiger partial charge in [0.2, 0.25) is 0 Å². The number of pyridine rings is 1. The molecule has 166 valence electrons. The molecule has 0 aliphatic carbocycles. The highest BCUT2D eigenvalue weighted by Crippen LogP contribution is 2.30. The molecule has 1 saturated heterocycles. The van der Waals surface area contributed by atoms with Gasteiger partial charge in [0.25, 0.3) is 5.91 Å². The zero-order valence-electron chi connectivity index (χ0n) is 17.3. The molecule has 6 nitrogen and oxygen atoms in total. The predicted molar refractivity (Wildman–Crippen MR) is 110 cm³/mol. The Morgan fingerprint density at radius 2 is 2.03 bits per heavy atom. The van der Waals surface area contributed by atoms with Gasteiger partial charge in [-0.3, -0.25) is 14.8 Å². The number of morpholine rings is 1. The van der Waals surface area contributed by atoms with E-state index in [2.05, 4.69) is 15.0 Å². The second kappa shape index (κ2) is 9.04. The van der Waals surface area contributed by atoms with Gasteiger partial charge in [-0.1, -0.05) is 18.2 Å². The first-order valence-corrected chi connectivity index (χ1v) is 10.1. The molecule has 0 radical (unpaired) electrons. The summed E-state index contributed by atoms with van der Waals surface area (Å²) in [7, 11) is 0. The molecular formula is C23H21F3N4O2. The fraction of sp³-hybridized carbons (Fsp3) is 0.304. The zero-order chi connectivity index (χ0) is 22.7. The third-order valence-electron chi connectivity index (χ3n) is 5.16. The maximum atomic E-state index is 13.0. The second-order valence-electron chi connectivity index (χ2n) is 7.62. The number of ether oxygens (including phenoxy) is 1. The highest BCUT2D eigenvalue weighted by atomic mass is 19.4. The predicted octanol–water partition coefficient (Wildman–Crippen LogP) is 4.00. The molecule has 3 aromatic rings. The molecule has 0 bridgehead atoms. The van der Waals surface area contributed by atoms with E-state index in [1.54, 1.807) is 11.0 Å². The highest BCUT2D eigenvalue weighted by Gasteiger charge is 2.30. The van der Waals surface area contributed by atoms with Crippen molar-refractivity contribution in [2.45, 2.75) is 25.6 Å². The number of hydrogen-bond donors (Lipinski definition) is 0. The summed E-state index contributed by atoms with van der Waals surface area (Å²) in [6, 6.07) is 8.97. The van der Waals surface area contributed by atoms with Crippen LogP contribution in [0, 0.1) is 6.92 Å². The van der Waals surface area contributed by atoms with Crippen molar-refractivity contribution in [1.82, 2.24) is 19.9 Å². The third-order valence-corrected chi connectivity index (χ3v) is 5.16. The summed E-state index contributed by atoms with van der Waals surface area (Å²) in [6.45, 7) is 2.89. The summed E-state index contributed by atoms with van der Waals surface area (Å²) >= 11 is 0. The fourth-order valence-corrected chi connectivity index (χ4v) is 3.71. The van der Waals surface area contributed by atoms with Crippen molar-refractivity contribution >= 4 is 5.91 Å². The summed E-state index contributed by atoms with van der Waals surface area (Å²) in [6.07, 6.45) is -0.108. The van der Waals surface area contributed by atoms with Crippen LogP contribution >= 0.6 is 0 Å². The molecule has 1 aromatic carbocycles. The van der Waals surface area contributed by atoms with Crippen LogP contribution in [0.25, 0.3) is 0 Å². The minimum atomic E-state index is -4.38. The molecule has 32 heavy (non-hydrogen) atoms. The maximum absolute atomic E-state index is 13.0. The standard InChI is InChI=1S/C23H21F3N4O2/c1-15-9-17(10-16-3-2-4-18(11-16)23(24,25)26)12-19(29-15)21-14-30(7-8-32-21)22(31)20-13-27-5-6-28-20/h2-6,9,11-13,21H,7-8,10,14H2,1H3/t21-/m1/s1. The Hall–Kier alpha value is -3.33. The van der Waals surface area contributed by atoms with Crippen LogP contribution in [0.4, 0.5) is 13.2 Å². The number of carbonyl (C=O) groups is 1. The number of benzene rings is 1. The number of carbonyl (C=O) groups excluding carboxylic acids is 1. The molecule has 0 spiro atoms. The monoisotopic (exact) mass is 442 g/mol. The van der Waals surface area contributed by atoms with Gasteiger partial charge in [0.1, 0.15) is 11.8 Å². The molecule has 0 N–H and O–H groups in total. The first kappa shape index (κ1) is 21.9. The molecule has 9 heteroatoms. The van der Waals surface area contributed by atoms with Crippen LogP contribution in [0.2, 0.25) is 0 Å². The van der Waals surface area contributed by atoms with Gasteiger partial charge in [0.05, 0.1) is 30.6 Å². The van der Waals surface area contributed by atoms with Crippen LogP contribution in [0.1, 0.15) is 44.7 Å². The maximum Gasteiger partial charge on any atom is 0.416 e. The van der Waals surface area contributed by atoms with E-state index in [0.717, 1.165) is 23.4 Å². The Morgan fingerprint density at radius 3 is 2.78 bits per heavy atom. The minimum Gasteiger partial charge on any atom is -0.368 e. The second-order valence-corrected chi connectivity index (χ2v) is 7.62. The number of alkyl halides is 3. The Morgan fingerprint density at radius 1 is 1.19 bits per heavy atom. The molecule has 1 aliphatic rings. The van der Waals surface area contributed by atoms with Crippen molar-refractivity contribution in [1.29, 1.82) is 0 Å². The van der Waals surface area contributed by atoms with Gasteiger partial charge < -0.3 is 9.64 Å². The van der Waals surface area contributed by atoms with E-state index in [1.807, 2.05) is 19.1 Å². The number of halogens is 3. The summed E-state index contributed by atoms with van der Waals surface area (Å²) in [5.74, 6) is -0.233. The largest absolute Gasteiger partial charge is 0.416 e. The van der Waals surface area contributed by atoms with E-state index in [9.17, 15) is 18.0 Å². The van der Waals surface area contributed by atoms with Gasteiger partial charge in [-0.15, -0.1) is 0 Å². The van der Waals surface area contributed by atoms with E-state index in [0.29, 0.717) is 37.4 Å². The summed E-state index contributed by atoms with van der Waals surface area (Å²) < 4.78 is 45.0. The molecule has 0 unspecified atom stereocenters. The van der Waals surface area contributed by atoms with E-state index in [1.165, 1.54) is 24.7 Å². The SMILES string of the molecule is Cc1cc(Cc2cccc(C(F)(F)F)c2)cc([C@H]2CN(C(=O)c3cnccn3)CCO2)n1. The van der Waals surface area contributed by atoms with Crippen molar-refractivity contribution in [3.63, 3.8) is 0 Å². The summed E-state index contributed by atoms with van der Waals surface area (Å²) in [5.41, 5.74) is 2.34. The van der Waals surface area contributed by atoms with Crippen LogP contribution in [-0.4, -0.2) is 45.5 Å². The molecule has 1 fully saturated rings. The number of aromatic nitrogens is 3. The van der Waals surface area contributed by atoms with Gasteiger partial charge in [-0.05, 0) is 42.7 Å². The molecular weight excluding hydrogens is 421 g/mol. The third kappa shape index (κ3) is 5.11. The van der Waals surface area contributed by atoms with Crippen LogP contribution in [0.3, 0.4) is 0 Å². The van der Waals surface area contributed by atoms with Crippen LogP contribution < -0.4 is 0 Å². The van der Waals surface area contributed by atoms with Gasteiger partial charge >= 0.3 is 6.18 Å². The Bertz CT molecular complexity index is 1110. The van der Waals surface area contributed by atoms with Crippen molar-refractivity contribution < 1.29 is 22.7 Å². The average Bonchev–Trinajstić information content (AvgIpc) is 2.78. The van der Waals surface area contributed by atoms with Crippen molar-refractivity contribution in [3.8, 4) is 0 Å². The van der Waals surface area contributed by atoms with Crippen molar-refractivity contribution in [2.24, 2.45) is 0 Å². The van der Waals surface area contributed by atoms with E-state index < -0.39 is 17.8 Å². The van der Waals surface area contributed by atoms with E-state index >= 15 is 0 Å². The van der Waals surface area contributed by atoms with E-state index in [-0.39, 0.29) is 11.6 Å². The lowest BCUT2D eigenvalue weighted by Crippen LogP contribution is -2.42. The first-order chi connectivity index (χ1) is 15.3. The number of aryl methyl sites for hydroxylation is 1. The average molecular weight is 442 g/mol. The lowest BCUT2D eigenvalue weighted by atomic mass is 10.0. The van der Waals surface area contributed by atoms with Crippen molar-refractivity contribution in [3.05, 3.63) is 88.8 Å². The lowest BCUT2D eigenvalue weighted by molar-refractivity contribution is -0.137. The van der Waals surface area contributed by atoms with E-state index in [4.69, 9.17) is 4.74 Å². The topological polar surface area (TPSA) is 68.2 Å². The molecule has 1 aliphatic heterocycles. The fourth-order valence-electron chi connectivity index (χ4n) is 3.71. The van der Waals surface area contributed by atoms with Gasteiger partial charge in [0, 0.05) is 24.6 Å².